The van der Waals surface area contributed by atoms with Gasteiger partial charge in [-0.1, -0.05) is 25.1 Å². The van der Waals surface area contributed by atoms with Gasteiger partial charge in [0.15, 0.2) is 5.82 Å². The minimum Gasteiger partial charge on any atom is -0.354 e. The third kappa shape index (κ3) is 3.96. The zero-order valence-corrected chi connectivity index (χ0v) is 18.7. The standard InChI is InChI=1S/C26H23F3N4O/c1-15-9-11-32(12-10-15)25-23(29)26(34)33(18-6-7-19(16-3-4-16)20(27)14-18)24(31-25)17-5-8-22(30-2)21(28)13-17/h5-8,13-16H,3-4,9-12H2,1H3. The van der Waals surface area contributed by atoms with Crippen molar-refractivity contribution in [2.24, 2.45) is 5.92 Å². The fourth-order valence-electron chi connectivity index (χ4n) is 4.47. The van der Waals surface area contributed by atoms with Crippen LogP contribution in [0.2, 0.25) is 0 Å². The molecule has 1 aliphatic carbocycles. The lowest BCUT2D eigenvalue weighted by atomic mass is 9.99. The number of benzene rings is 2. The molecule has 2 heterocycles. The van der Waals surface area contributed by atoms with Crippen LogP contribution in [-0.4, -0.2) is 22.6 Å². The van der Waals surface area contributed by atoms with Crippen LogP contribution in [0, 0.1) is 29.9 Å². The molecule has 2 fully saturated rings. The number of nitrogens with zero attached hydrogens (tertiary/aromatic N) is 4. The SMILES string of the molecule is [C-]#[N+]c1ccc(-c2nc(N3CCC(C)CC3)c(F)c(=O)n2-c2ccc(C3CC3)c(F)c2)cc1F. The molecule has 0 N–H and O–H groups in total. The van der Waals surface area contributed by atoms with E-state index in [1.807, 2.05) is 0 Å². The number of hydrogen-bond donors (Lipinski definition) is 0. The summed E-state index contributed by atoms with van der Waals surface area (Å²) in [5.41, 5.74) is -0.280. The first-order chi connectivity index (χ1) is 16.4. The topological polar surface area (TPSA) is 42.5 Å². The van der Waals surface area contributed by atoms with Crippen LogP contribution in [0.15, 0.2) is 41.2 Å². The maximum atomic E-state index is 15.4. The maximum Gasteiger partial charge on any atom is 0.296 e. The van der Waals surface area contributed by atoms with Crippen molar-refractivity contribution >= 4 is 11.5 Å². The summed E-state index contributed by atoms with van der Waals surface area (Å²) >= 11 is 0. The second-order valence-electron chi connectivity index (χ2n) is 9.14. The highest BCUT2D eigenvalue weighted by Crippen LogP contribution is 2.41. The minimum absolute atomic E-state index is 0.00553. The molecule has 0 bridgehead atoms. The van der Waals surface area contributed by atoms with Crippen molar-refractivity contribution in [1.82, 2.24) is 9.55 Å². The predicted molar refractivity (Wildman–Crippen MR) is 124 cm³/mol. The van der Waals surface area contributed by atoms with Gasteiger partial charge in [-0.2, -0.15) is 4.39 Å². The first kappa shape index (κ1) is 22.2. The third-order valence-electron chi connectivity index (χ3n) is 6.68. The second-order valence-corrected chi connectivity index (χ2v) is 9.14. The van der Waals surface area contributed by atoms with Crippen LogP contribution >= 0.6 is 0 Å². The Labute approximate surface area is 195 Å². The molecule has 1 aromatic heterocycles. The van der Waals surface area contributed by atoms with E-state index in [1.165, 1.54) is 18.2 Å². The molecule has 5 nitrogen and oxygen atoms in total. The van der Waals surface area contributed by atoms with Crippen molar-refractivity contribution in [2.75, 3.05) is 18.0 Å². The molecule has 1 aliphatic heterocycles. The molecule has 174 valence electrons. The van der Waals surface area contributed by atoms with Crippen LogP contribution < -0.4 is 10.5 Å². The van der Waals surface area contributed by atoms with Crippen molar-refractivity contribution in [3.05, 3.63) is 81.2 Å². The van der Waals surface area contributed by atoms with E-state index in [4.69, 9.17) is 6.57 Å². The number of halogens is 3. The van der Waals surface area contributed by atoms with Crippen molar-refractivity contribution in [2.45, 2.75) is 38.5 Å². The summed E-state index contributed by atoms with van der Waals surface area (Å²) in [5.74, 6) is -1.71. The summed E-state index contributed by atoms with van der Waals surface area (Å²) in [6, 6.07) is 8.22. The molecule has 8 heteroatoms. The molecular formula is C26H23F3N4O. The van der Waals surface area contributed by atoms with E-state index < -0.39 is 23.0 Å². The van der Waals surface area contributed by atoms with Gasteiger partial charge in [-0.3, -0.25) is 9.36 Å². The lowest BCUT2D eigenvalue weighted by Gasteiger charge is -2.31. The quantitative estimate of drug-likeness (QED) is 0.446. The van der Waals surface area contributed by atoms with Crippen molar-refractivity contribution < 1.29 is 13.2 Å². The largest absolute Gasteiger partial charge is 0.354 e. The predicted octanol–water partition coefficient (Wildman–Crippen LogP) is 5.98. The van der Waals surface area contributed by atoms with Gasteiger partial charge in [0.1, 0.15) is 17.5 Å². The average Bonchev–Trinajstić information content (AvgIpc) is 3.66. The Kier molecular flexibility index (Phi) is 5.64. The van der Waals surface area contributed by atoms with E-state index in [1.54, 1.807) is 17.0 Å². The Bertz CT molecular complexity index is 1370. The van der Waals surface area contributed by atoms with E-state index in [9.17, 15) is 13.6 Å². The molecule has 1 saturated heterocycles. The number of rotatable bonds is 4. The Morgan fingerprint density at radius 3 is 2.35 bits per heavy atom. The first-order valence-corrected chi connectivity index (χ1v) is 11.4. The van der Waals surface area contributed by atoms with Gasteiger partial charge in [0, 0.05) is 18.7 Å². The van der Waals surface area contributed by atoms with Crippen LogP contribution in [0.3, 0.4) is 0 Å². The smallest absolute Gasteiger partial charge is 0.296 e. The van der Waals surface area contributed by atoms with E-state index in [2.05, 4.69) is 16.8 Å². The Hall–Kier alpha value is -3.60. The molecular weight excluding hydrogens is 441 g/mol. The van der Waals surface area contributed by atoms with E-state index >= 15 is 4.39 Å². The summed E-state index contributed by atoms with van der Waals surface area (Å²) in [5, 5.41) is 0. The normalized spacial score (nSPS) is 16.5. The Morgan fingerprint density at radius 1 is 1.00 bits per heavy atom. The van der Waals surface area contributed by atoms with Crippen molar-refractivity contribution in [3.63, 3.8) is 0 Å². The monoisotopic (exact) mass is 464 g/mol. The Balaban J connectivity index is 1.71. The molecule has 0 unspecified atom stereocenters. The number of aromatic nitrogens is 2. The van der Waals surface area contributed by atoms with Crippen molar-refractivity contribution in [1.29, 1.82) is 0 Å². The average molecular weight is 464 g/mol. The molecule has 34 heavy (non-hydrogen) atoms. The Morgan fingerprint density at radius 2 is 1.74 bits per heavy atom. The van der Waals surface area contributed by atoms with Gasteiger partial charge in [-0.25, -0.2) is 18.6 Å². The van der Waals surface area contributed by atoms with Crippen LogP contribution in [-0.2, 0) is 0 Å². The van der Waals surface area contributed by atoms with Gasteiger partial charge in [0.25, 0.3) is 5.56 Å². The molecule has 0 amide bonds. The van der Waals surface area contributed by atoms with Gasteiger partial charge < -0.3 is 4.90 Å². The molecule has 0 radical (unpaired) electrons. The van der Waals surface area contributed by atoms with Crippen LogP contribution in [0.1, 0.15) is 44.1 Å². The van der Waals surface area contributed by atoms with Crippen LogP contribution in [0.5, 0.6) is 0 Å². The number of hydrogen-bond acceptors (Lipinski definition) is 3. The highest BCUT2D eigenvalue weighted by atomic mass is 19.1. The summed E-state index contributed by atoms with van der Waals surface area (Å²) < 4.78 is 45.7. The van der Waals surface area contributed by atoms with Gasteiger partial charge >= 0.3 is 0 Å². The van der Waals surface area contributed by atoms with E-state index in [0.29, 0.717) is 24.6 Å². The van der Waals surface area contributed by atoms with Gasteiger partial charge in [-0.05, 0) is 61.3 Å². The molecule has 0 atom stereocenters. The highest BCUT2D eigenvalue weighted by Gasteiger charge is 2.28. The van der Waals surface area contributed by atoms with Crippen LogP contribution in [0.25, 0.3) is 21.9 Å². The lowest BCUT2D eigenvalue weighted by Crippen LogP contribution is -2.37. The molecule has 3 aromatic rings. The van der Waals surface area contributed by atoms with Gasteiger partial charge in [0.05, 0.1) is 12.3 Å². The molecule has 0 spiro atoms. The second kappa shape index (κ2) is 8.64. The molecule has 1 saturated carbocycles. The van der Waals surface area contributed by atoms with E-state index in [-0.39, 0.29) is 34.5 Å². The molecule has 2 aromatic carbocycles. The van der Waals surface area contributed by atoms with Crippen molar-refractivity contribution in [3.8, 4) is 17.1 Å². The highest BCUT2D eigenvalue weighted by molar-refractivity contribution is 5.65. The fraction of sp³-hybridized carbons (Fsp3) is 0.346. The van der Waals surface area contributed by atoms with Crippen LogP contribution in [0.4, 0.5) is 24.7 Å². The summed E-state index contributed by atoms with van der Waals surface area (Å²) in [6.45, 7) is 10.3. The summed E-state index contributed by atoms with van der Waals surface area (Å²) in [4.78, 5) is 22.6. The summed E-state index contributed by atoms with van der Waals surface area (Å²) in [7, 11) is 0. The summed E-state index contributed by atoms with van der Waals surface area (Å²) in [6.07, 6.45) is 3.49. The number of anilines is 1. The maximum absolute atomic E-state index is 15.4. The number of piperidine rings is 1. The lowest BCUT2D eigenvalue weighted by molar-refractivity contribution is 0.431. The van der Waals surface area contributed by atoms with E-state index in [0.717, 1.165) is 36.3 Å². The fourth-order valence-corrected chi connectivity index (χ4v) is 4.47. The molecule has 2 aliphatic rings. The third-order valence-corrected chi connectivity index (χ3v) is 6.68. The zero-order chi connectivity index (χ0) is 24.0. The first-order valence-electron chi connectivity index (χ1n) is 11.4. The molecule has 5 rings (SSSR count). The van der Waals surface area contributed by atoms with Gasteiger partial charge in [0.2, 0.25) is 11.5 Å². The zero-order valence-electron chi connectivity index (χ0n) is 18.7. The minimum atomic E-state index is -1.02. The van der Waals surface area contributed by atoms with Gasteiger partial charge in [-0.15, -0.1) is 0 Å².